The van der Waals surface area contributed by atoms with Gasteiger partial charge < -0.3 is 14.7 Å². The molecule has 26 heavy (non-hydrogen) atoms. The van der Waals surface area contributed by atoms with Crippen molar-refractivity contribution in [2.45, 2.75) is 25.7 Å². The van der Waals surface area contributed by atoms with E-state index in [9.17, 15) is 14.7 Å². The summed E-state index contributed by atoms with van der Waals surface area (Å²) in [5.41, 5.74) is 2.29. The number of benzene rings is 2. The predicted octanol–water partition coefficient (Wildman–Crippen LogP) is 3.62. The number of nitrogens with zero attached hydrogens (tertiary/aromatic N) is 1. The summed E-state index contributed by atoms with van der Waals surface area (Å²) in [6, 6.07) is 13.9. The Hall–Kier alpha value is -2.82. The summed E-state index contributed by atoms with van der Waals surface area (Å²) in [5.74, 6) is -0.408. The van der Waals surface area contributed by atoms with Gasteiger partial charge in [0.2, 0.25) is 0 Å². The van der Waals surface area contributed by atoms with E-state index >= 15 is 0 Å². The summed E-state index contributed by atoms with van der Waals surface area (Å²) in [6.07, 6.45) is 4.32. The van der Waals surface area contributed by atoms with E-state index in [1.165, 1.54) is 0 Å². The van der Waals surface area contributed by atoms with Crippen molar-refractivity contribution in [3.05, 3.63) is 54.1 Å². The average molecular weight is 353 g/mol. The number of carbonyl (C=O) groups is 2. The van der Waals surface area contributed by atoms with E-state index in [0.29, 0.717) is 5.56 Å². The van der Waals surface area contributed by atoms with E-state index in [0.717, 1.165) is 49.9 Å². The van der Waals surface area contributed by atoms with E-state index in [1.54, 1.807) is 29.2 Å². The van der Waals surface area contributed by atoms with Crippen molar-refractivity contribution in [3.63, 3.8) is 0 Å². The molecule has 0 atom stereocenters. The normalized spacial score (nSPS) is 14.5. The van der Waals surface area contributed by atoms with Crippen molar-refractivity contribution in [3.8, 4) is 16.9 Å². The molecule has 0 bridgehead atoms. The van der Waals surface area contributed by atoms with Crippen molar-refractivity contribution in [1.82, 2.24) is 4.90 Å². The number of hydrogen-bond acceptors (Lipinski definition) is 4. The first-order chi connectivity index (χ1) is 12.6. The number of carbonyl (C=O) groups excluding carboxylic acids is 2. The van der Waals surface area contributed by atoms with Crippen molar-refractivity contribution in [2.75, 3.05) is 19.7 Å². The number of rotatable bonds is 4. The lowest BCUT2D eigenvalue weighted by atomic mass is 10.0. The molecule has 1 aliphatic rings. The number of phenols is 1. The quantitative estimate of drug-likeness (QED) is 0.853. The van der Waals surface area contributed by atoms with Gasteiger partial charge in [0, 0.05) is 13.1 Å². The number of amides is 1. The molecule has 136 valence electrons. The summed E-state index contributed by atoms with van der Waals surface area (Å²) in [4.78, 5) is 26.1. The second-order valence-corrected chi connectivity index (χ2v) is 6.50. The van der Waals surface area contributed by atoms with Crippen LogP contribution in [0.15, 0.2) is 48.5 Å². The minimum absolute atomic E-state index is 0.124. The Bertz CT molecular complexity index is 745. The van der Waals surface area contributed by atoms with Crippen LogP contribution in [0.3, 0.4) is 0 Å². The van der Waals surface area contributed by atoms with Gasteiger partial charge in [0.1, 0.15) is 5.75 Å². The van der Waals surface area contributed by atoms with Crippen molar-refractivity contribution < 1.29 is 19.4 Å². The lowest BCUT2D eigenvalue weighted by Crippen LogP contribution is -2.35. The third-order valence-electron chi connectivity index (χ3n) is 4.61. The molecule has 1 fully saturated rings. The number of hydrogen-bond donors (Lipinski definition) is 1. The van der Waals surface area contributed by atoms with Crippen LogP contribution in [0.1, 0.15) is 36.0 Å². The first-order valence-electron chi connectivity index (χ1n) is 8.98. The molecule has 1 saturated heterocycles. The molecule has 1 amide bonds. The monoisotopic (exact) mass is 353 g/mol. The fourth-order valence-electron chi connectivity index (χ4n) is 3.07. The molecule has 1 heterocycles. The maximum atomic E-state index is 12.2. The van der Waals surface area contributed by atoms with Gasteiger partial charge >= 0.3 is 5.97 Å². The maximum absolute atomic E-state index is 12.2. The molecule has 0 aliphatic carbocycles. The average Bonchev–Trinajstić information content (AvgIpc) is 2.96. The van der Waals surface area contributed by atoms with Gasteiger partial charge in [-0.15, -0.1) is 0 Å². The SMILES string of the molecule is O=C(OCC(=O)N1CCCCCC1)c1ccc(-c2ccc(O)cc2)cc1. The van der Waals surface area contributed by atoms with E-state index < -0.39 is 5.97 Å². The Kier molecular flexibility index (Phi) is 5.89. The molecule has 1 aliphatic heterocycles. The summed E-state index contributed by atoms with van der Waals surface area (Å²) >= 11 is 0. The van der Waals surface area contributed by atoms with E-state index in [4.69, 9.17) is 4.74 Å². The van der Waals surface area contributed by atoms with Gasteiger partial charge in [-0.25, -0.2) is 4.79 Å². The van der Waals surface area contributed by atoms with Gasteiger partial charge in [0.15, 0.2) is 6.61 Å². The highest BCUT2D eigenvalue weighted by Crippen LogP contribution is 2.22. The van der Waals surface area contributed by atoms with Gasteiger partial charge in [-0.1, -0.05) is 37.1 Å². The third-order valence-corrected chi connectivity index (χ3v) is 4.61. The molecule has 0 spiro atoms. The lowest BCUT2D eigenvalue weighted by Gasteiger charge is -2.19. The zero-order valence-corrected chi connectivity index (χ0v) is 14.7. The second-order valence-electron chi connectivity index (χ2n) is 6.50. The van der Waals surface area contributed by atoms with Gasteiger partial charge in [-0.2, -0.15) is 0 Å². The highest BCUT2D eigenvalue weighted by Gasteiger charge is 2.17. The molecule has 5 nitrogen and oxygen atoms in total. The number of phenolic OH excluding ortho intramolecular Hbond substituents is 1. The molecule has 5 heteroatoms. The third kappa shape index (κ3) is 4.63. The van der Waals surface area contributed by atoms with E-state index in [-0.39, 0.29) is 18.3 Å². The van der Waals surface area contributed by atoms with Crippen LogP contribution in [0.4, 0.5) is 0 Å². The lowest BCUT2D eigenvalue weighted by molar-refractivity contribution is -0.134. The highest BCUT2D eigenvalue weighted by molar-refractivity contribution is 5.91. The minimum atomic E-state index is -0.495. The predicted molar refractivity (Wildman–Crippen MR) is 98.9 cm³/mol. The number of likely N-dealkylation sites (tertiary alicyclic amines) is 1. The van der Waals surface area contributed by atoms with Crippen LogP contribution < -0.4 is 0 Å². The largest absolute Gasteiger partial charge is 0.508 e. The van der Waals surface area contributed by atoms with Crippen LogP contribution in [-0.4, -0.2) is 41.6 Å². The van der Waals surface area contributed by atoms with Crippen LogP contribution in [0.2, 0.25) is 0 Å². The molecule has 0 unspecified atom stereocenters. The zero-order chi connectivity index (χ0) is 18.4. The maximum Gasteiger partial charge on any atom is 0.338 e. The summed E-state index contributed by atoms with van der Waals surface area (Å²) in [7, 11) is 0. The standard InChI is InChI=1S/C21H23NO4/c23-19-11-9-17(10-12-19)16-5-7-18(8-6-16)21(25)26-15-20(24)22-13-3-1-2-4-14-22/h5-12,23H,1-4,13-15H2. The fraction of sp³-hybridized carbons (Fsp3) is 0.333. The van der Waals surface area contributed by atoms with Crippen molar-refractivity contribution in [2.24, 2.45) is 0 Å². The van der Waals surface area contributed by atoms with Crippen LogP contribution in [0, 0.1) is 0 Å². The second kappa shape index (κ2) is 8.52. The summed E-state index contributed by atoms with van der Waals surface area (Å²) in [5, 5.41) is 9.34. The number of ether oxygens (including phenoxy) is 1. The molecule has 0 saturated carbocycles. The van der Waals surface area contributed by atoms with Gasteiger partial charge in [-0.3, -0.25) is 4.79 Å². The molecule has 3 rings (SSSR count). The summed E-state index contributed by atoms with van der Waals surface area (Å²) in [6.45, 7) is 1.29. The molecule has 0 radical (unpaired) electrons. The molecule has 2 aromatic rings. The van der Waals surface area contributed by atoms with Gasteiger partial charge in [0.05, 0.1) is 5.56 Å². The minimum Gasteiger partial charge on any atom is -0.508 e. The summed E-state index contributed by atoms with van der Waals surface area (Å²) < 4.78 is 5.18. The highest BCUT2D eigenvalue weighted by atomic mass is 16.5. The van der Waals surface area contributed by atoms with Crippen LogP contribution in [0.5, 0.6) is 5.75 Å². The number of aromatic hydroxyl groups is 1. The van der Waals surface area contributed by atoms with Crippen LogP contribution >= 0.6 is 0 Å². The molecular weight excluding hydrogens is 330 g/mol. The van der Waals surface area contributed by atoms with Crippen LogP contribution in [-0.2, 0) is 9.53 Å². The van der Waals surface area contributed by atoms with E-state index in [2.05, 4.69) is 0 Å². The molecule has 2 aromatic carbocycles. The van der Waals surface area contributed by atoms with E-state index in [1.807, 2.05) is 24.3 Å². The Morgan fingerprint density at radius 2 is 1.38 bits per heavy atom. The molecular formula is C21H23NO4. The topological polar surface area (TPSA) is 66.8 Å². The number of esters is 1. The molecule has 0 aromatic heterocycles. The van der Waals surface area contributed by atoms with Crippen LogP contribution in [0.25, 0.3) is 11.1 Å². The van der Waals surface area contributed by atoms with Gasteiger partial charge in [0.25, 0.3) is 5.91 Å². The Labute approximate surface area is 153 Å². The molecule has 1 N–H and O–H groups in total. The Morgan fingerprint density at radius 3 is 1.96 bits per heavy atom. The van der Waals surface area contributed by atoms with Crippen molar-refractivity contribution in [1.29, 1.82) is 0 Å². The Balaban J connectivity index is 1.56. The van der Waals surface area contributed by atoms with Crippen molar-refractivity contribution >= 4 is 11.9 Å². The zero-order valence-electron chi connectivity index (χ0n) is 14.7. The Morgan fingerprint density at radius 1 is 0.846 bits per heavy atom. The van der Waals surface area contributed by atoms with Gasteiger partial charge in [-0.05, 0) is 48.2 Å². The smallest absolute Gasteiger partial charge is 0.338 e. The first kappa shape index (κ1) is 18.0. The fourth-order valence-corrected chi connectivity index (χ4v) is 3.07. The first-order valence-corrected chi connectivity index (χ1v) is 8.98.